The third-order valence-electron chi connectivity index (χ3n) is 4.02. The molecule has 9 heteroatoms. The Morgan fingerprint density at radius 1 is 1.08 bits per heavy atom. The van der Waals surface area contributed by atoms with Crippen LogP contribution in [-0.2, 0) is 23.0 Å². The standard InChI is InChI=1S/C16H14Cl2N2O4S/c17-13-6-14(18)8-15(7-13)25(23,24)20-4-3-10-1-2-11(16(21)19-22)5-12(10)9-20/h1-2,5-8,22H,3-4,9H2,(H,19,21). The molecule has 0 spiro atoms. The van der Waals surface area contributed by atoms with Crippen LogP contribution in [0.4, 0.5) is 0 Å². The number of benzene rings is 2. The average molecular weight is 401 g/mol. The van der Waals surface area contributed by atoms with E-state index in [1.807, 2.05) is 0 Å². The van der Waals surface area contributed by atoms with Crippen LogP contribution in [0.1, 0.15) is 21.5 Å². The van der Waals surface area contributed by atoms with Crippen molar-refractivity contribution >= 4 is 39.1 Å². The molecule has 1 heterocycles. The summed E-state index contributed by atoms with van der Waals surface area (Å²) in [4.78, 5) is 11.6. The van der Waals surface area contributed by atoms with Crippen LogP contribution in [0.3, 0.4) is 0 Å². The van der Waals surface area contributed by atoms with Gasteiger partial charge in [-0.1, -0.05) is 29.3 Å². The van der Waals surface area contributed by atoms with Gasteiger partial charge in [0.15, 0.2) is 0 Å². The molecule has 3 rings (SSSR count). The Labute approximate surface area is 155 Å². The molecule has 0 aliphatic carbocycles. The summed E-state index contributed by atoms with van der Waals surface area (Å²) in [6, 6.07) is 9.11. The third-order valence-corrected chi connectivity index (χ3v) is 6.28. The predicted octanol–water partition coefficient (Wildman–Crippen LogP) is 2.86. The normalized spacial score (nSPS) is 14.8. The van der Waals surface area contributed by atoms with E-state index in [0.29, 0.717) is 18.5 Å². The molecule has 2 aromatic rings. The number of nitrogens with zero attached hydrogens (tertiary/aromatic N) is 1. The number of carbonyl (C=O) groups excluding carboxylic acids is 1. The number of amides is 1. The predicted molar refractivity (Wildman–Crippen MR) is 93.5 cm³/mol. The minimum atomic E-state index is -3.77. The minimum Gasteiger partial charge on any atom is -0.288 e. The number of hydrogen-bond donors (Lipinski definition) is 2. The lowest BCUT2D eigenvalue weighted by Crippen LogP contribution is -2.36. The van der Waals surface area contributed by atoms with Crippen LogP contribution >= 0.6 is 23.2 Å². The molecule has 0 saturated heterocycles. The van der Waals surface area contributed by atoms with E-state index in [9.17, 15) is 13.2 Å². The van der Waals surface area contributed by atoms with Crippen LogP contribution < -0.4 is 5.48 Å². The fourth-order valence-corrected chi connectivity index (χ4v) is 4.91. The van der Waals surface area contributed by atoms with Crippen molar-refractivity contribution < 1.29 is 18.4 Å². The molecule has 0 radical (unpaired) electrons. The number of rotatable bonds is 3. The second-order valence-corrected chi connectivity index (χ2v) is 8.43. The maximum Gasteiger partial charge on any atom is 0.274 e. The SMILES string of the molecule is O=C(NO)c1ccc2c(c1)CN(S(=O)(=O)c1cc(Cl)cc(Cl)c1)CC2. The summed E-state index contributed by atoms with van der Waals surface area (Å²) in [7, 11) is -3.77. The van der Waals surface area contributed by atoms with Gasteiger partial charge >= 0.3 is 0 Å². The lowest BCUT2D eigenvalue weighted by Gasteiger charge is -2.28. The van der Waals surface area contributed by atoms with Gasteiger partial charge in [-0.05, 0) is 47.9 Å². The second kappa shape index (κ2) is 6.93. The van der Waals surface area contributed by atoms with Gasteiger partial charge in [-0.2, -0.15) is 4.31 Å². The number of hydrogen-bond acceptors (Lipinski definition) is 4. The van der Waals surface area contributed by atoms with Gasteiger partial charge in [-0.15, -0.1) is 0 Å². The third kappa shape index (κ3) is 3.65. The molecule has 1 aliphatic heterocycles. The minimum absolute atomic E-state index is 0.0257. The van der Waals surface area contributed by atoms with E-state index in [2.05, 4.69) is 0 Å². The molecule has 1 aliphatic rings. The van der Waals surface area contributed by atoms with E-state index < -0.39 is 15.9 Å². The second-order valence-electron chi connectivity index (χ2n) is 5.62. The molecule has 0 saturated carbocycles. The zero-order chi connectivity index (χ0) is 18.2. The van der Waals surface area contributed by atoms with Crippen molar-refractivity contribution in [1.29, 1.82) is 0 Å². The molecule has 0 bridgehead atoms. The van der Waals surface area contributed by atoms with E-state index >= 15 is 0 Å². The topological polar surface area (TPSA) is 86.7 Å². The number of fused-ring (bicyclic) bond motifs is 1. The fourth-order valence-electron chi connectivity index (χ4n) is 2.77. The van der Waals surface area contributed by atoms with Gasteiger partial charge < -0.3 is 0 Å². The van der Waals surface area contributed by atoms with Crippen LogP contribution in [-0.4, -0.2) is 30.4 Å². The number of nitrogens with one attached hydrogen (secondary N) is 1. The van der Waals surface area contributed by atoms with Gasteiger partial charge in [0.1, 0.15) is 0 Å². The maximum atomic E-state index is 12.9. The summed E-state index contributed by atoms with van der Waals surface area (Å²) >= 11 is 11.8. The van der Waals surface area contributed by atoms with E-state index in [1.165, 1.54) is 22.5 Å². The summed E-state index contributed by atoms with van der Waals surface area (Å²) in [5.74, 6) is -0.649. The molecule has 6 nitrogen and oxygen atoms in total. The zero-order valence-corrected chi connectivity index (χ0v) is 15.2. The molecule has 0 atom stereocenters. The van der Waals surface area contributed by atoms with E-state index in [0.717, 1.165) is 5.56 Å². The summed E-state index contributed by atoms with van der Waals surface area (Å²) < 4.78 is 27.0. The van der Waals surface area contributed by atoms with Crippen LogP contribution in [0.15, 0.2) is 41.3 Å². The Kier molecular flexibility index (Phi) is 5.04. The van der Waals surface area contributed by atoms with Crippen molar-refractivity contribution in [3.8, 4) is 0 Å². The molecule has 0 aromatic heterocycles. The van der Waals surface area contributed by atoms with Crippen molar-refractivity contribution in [2.75, 3.05) is 6.54 Å². The first kappa shape index (κ1) is 18.2. The summed E-state index contributed by atoms with van der Waals surface area (Å²) in [6.07, 6.45) is 0.518. The van der Waals surface area contributed by atoms with Crippen LogP contribution in [0, 0.1) is 0 Å². The monoisotopic (exact) mass is 400 g/mol. The summed E-state index contributed by atoms with van der Waals surface area (Å²) in [5, 5.41) is 9.23. The number of sulfonamides is 1. The van der Waals surface area contributed by atoms with Crippen LogP contribution in [0.2, 0.25) is 10.0 Å². The van der Waals surface area contributed by atoms with Crippen LogP contribution in [0.25, 0.3) is 0 Å². The lowest BCUT2D eigenvalue weighted by atomic mass is 9.98. The van der Waals surface area contributed by atoms with Crippen molar-refractivity contribution in [2.24, 2.45) is 0 Å². The van der Waals surface area contributed by atoms with Crippen molar-refractivity contribution in [3.63, 3.8) is 0 Å². The van der Waals surface area contributed by atoms with Gasteiger partial charge in [0.25, 0.3) is 5.91 Å². The largest absolute Gasteiger partial charge is 0.288 e. The molecule has 0 fully saturated rings. The Morgan fingerprint density at radius 2 is 1.76 bits per heavy atom. The molecule has 132 valence electrons. The highest BCUT2D eigenvalue weighted by Gasteiger charge is 2.29. The van der Waals surface area contributed by atoms with Crippen molar-refractivity contribution in [1.82, 2.24) is 9.79 Å². The Morgan fingerprint density at radius 3 is 2.40 bits per heavy atom. The number of carbonyl (C=O) groups is 1. The van der Waals surface area contributed by atoms with E-state index in [4.69, 9.17) is 28.4 Å². The Hall–Kier alpha value is -1.64. The first-order valence-electron chi connectivity index (χ1n) is 7.34. The molecule has 1 amide bonds. The van der Waals surface area contributed by atoms with Crippen molar-refractivity contribution in [2.45, 2.75) is 17.9 Å². The van der Waals surface area contributed by atoms with Gasteiger partial charge in [0.2, 0.25) is 10.0 Å². The first-order valence-corrected chi connectivity index (χ1v) is 9.53. The Bertz CT molecular complexity index is 927. The molecule has 2 aromatic carbocycles. The average Bonchev–Trinajstić information content (AvgIpc) is 2.59. The maximum absolute atomic E-state index is 12.9. The van der Waals surface area contributed by atoms with Gasteiger partial charge in [-0.3, -0.25) is 10.0 Å². The Balaban J connectivity index is 1.94. The number of hydroxylamine groups is 1. The summed E-state index contributed by atoms with van der Waals surface area (Å²) in [6.45, 7) is 0.430. The molecule has 25 heavy (non-hydrogen) atoms. The zero-order valence-electron chi connectivity index (χ0n) is 12.9. The van der Waals surface area contributed by atoms with Crippen molar-refractivity contribution in [3.05, 3.63) is 63.1 Å². The van der Waals surface area contributed by atoms with Gasteiger partial charge in [0.05, 0.1) is 4.90 Å². The fraction of sp³-hybridized carbons (Fsp3) is 0.188. The molecular weight excluding hydrogens is 387 g/mol. The van der Waals surface area contributed by atoms with Gasteiger partial charge in [0, 0.05) is 28.7 Å². The van der Waals surface area contributed by atoms with Crippen LogP contribution in [0.5, 0.6) is 0 Å². The quantitative estimate of drug-likeness (QED) is 0.612. The van der Waals surface area contributed by atoms with E-state index in [1.54, 1.807) is 23.7 Å². The number of halogens is 2. The molecule has 0 unspecified atom stereocenters. The molecule has 2 N–H and O–H groups in total. The first-order chi connectivity index (χ1) is 11.8. The highest BCUT2D eigenvalue weighted by atomic mass is 35.5. The van der Waals surface area contributed by atoms with E-state index in [-0.39, 0.29) is 27.0 Å². The lowest BCUT2D eigenvalue weighted by molar-refractivity contribution is 0.0706. The van der Waals surface area contributed by atoms with Gasteiger partial charge in [-0.25, -0.2) is 13.9 Å². The highest BCUT2D eigenvalue weighted by molar-refractivity contribution is 7.89. The smallest absolute Gasteiger partial charge is 0.274 e. The highest BCUT2D eigenvalue weighted by Crippen LogP contribution is 2.29. The molecular formula is C16H14Cl2N2O4S. The summed E-state index contributed by atoms with van der Waals surface area (Å²) in [5.41, 5.74) is 3.50.